The highest BCUT2D eigenvalue weighted by Crippen LogP contribution is 2.31. The maximum Gasteiger partial charge on any atom is 0.169 e. The molecule has 0 saturated carbocycles. The minimum absolute atomic E-state index is 0.143. The van der Waals surface area contributed by atoms with Crippen molar-refractivity contribution in [1.29, 1.82) is 0 Å². The highest BCUT2D eigenvalue weighted by atomic mass is 19.1. The first-order valence-corrected chi connectivity index (χ1v) is 3.87. The van der Waals surface area contributed by atoms with Gasteiger partial charge in [0.1, 0.15) is 24.4 Å². The van der Waals surface area contributed by atoms with E-state index in [0.717, 1.165) is 0 Å². The highest BCUT2D eigenvalue weighted by molar-refractivity contribution is 4.97. The Hall–Kier alpha value is -0.880. The monoisotopic (exact) mass is 189 g/mol. The molecule has 0 spiro atoms. The molecular formula is C6H8FN3O3. The van der Waals surface area contributed by atoms with E-state index in [1.54, 1.807) is 0 Å². The third-order valence-corrected chi connectivity index (χ3v) is 2.23. The molecule has 6 nitrogen and oxygen atoms in total. The summed E-state index contributed by atoms with van der Waals surface area (Å²) < 4.78 is 23.4. The van der Waals surface area contributed by atoms with Crippen molar-refractivity contribution in [3.8, 4) is 0 Å². The van der Waals surface area contributed by atoms with Crippen molar-refractivity contribution in [3.05, 3.63) is 10.4 Å². The van der Waals surface area contributed by atoms with Crippen LogP contribution in [0, 0.1) is 0 Å². The highest BCUT2D eigenvalue weighted by Gasteiger charge is 2.50. The van der Waals surface area contributed by atoms with Gasteiger partial charge in [0.15, 0.2) is 6.29 Å². The molecule has 0 aromatic rings. The van der Waals surface area contributed by atoms with Crippen LogP contribution in [-0.2, 0) is 9.47 Å². The third-order valence-electron chi connectivity index (χ3n) is 2.23. The van der Waals surface area contributed by atoms with Gasteiger partial charge in [0.05, 0.1) is 6.61 Å². The van der Waals surface area contributed by atoms with Crippen LogP contribution in [0.2, 0.25) is 0 Å². The molecule has 2 rings (SSSR count). The van der Waals surface area contributed by atoms with Crippen LogP contribution in [0.4, 0.5) is 4.39 Å². The molecule has 2 aliphatic heterocycles. The summed E-state index contributed by atoms with van der Waals surface area (Å²) in [5.41, 5.74) is 8.15. The fraction of sp³-hybridized carbons (Fsp3) is 1.00. The van der Waals surface area contributed by atoms with Gasteiger partial charge in [-0.15, -0.1) is 0 Å². The van der Waals surface area contributed by atoms with Gasteiger partial charge in [0, 0.05) is 4.91 Å². The van der Waals surface area contributed by atoms with Gasteiger partial charge in [0.2, 0.25) is 0 Å². The average molecular weight is 189 g/mol. The summed E-state index contributed by atoms with van der Waals surface area (Å²) in [7, 11) is 0. The van der Waals surface area contributed by atoms with Crippen LogP contribution in [0.15, 0.2) is 5.11 Å². The molecule has 0 radical (unpaired) electrons. The molecule has 0 aromatic heterocycles. The molecule has 1 N–H and O–H groups in total. The van der Waals surface area contributed by atoms with E-state index in [0.29, 0.717) is 0 Å². The first kappa shape index (κ1) is 8.71. The summed E-state index contributed by atoms with van der Waals surface area (Å²) in [5.74, 6) is 0. The Kier molecular flexibility index (Phi) is 2.09. The summed E-state index contributed by atoms with van der Waals surface area (Å²) in [6.07, 6.45) is -4.36. The number of nitrogens with zero attached hydrogens (tertiary/aromatic N) is 3. The molecule has 2 fully saturated rings. The first-order chi connectivity index (χ1) is 6.24. The zero-order valence-corrected chi connectivity index (χ0v) is 6.58. The number of aliphatic hydroxyl groups excluding tert-OH is 1. The standard InChI is InChI=1S/C6H8FN3O3/c7-3-4(9-10-8)6-12-1-2(13-6)5(3)11/h2-6,11H,1H2/t2?,3?,4?,5-,6+/m0/s1. The molecule has 0 amide bonds. The zero-order valence-electron chi connectivity index (χ0n) is 6.58. The second kappa shape index (κ2) is 3.12. The van der Waals surface area contributed by atoms with Gasteiger partial charge in [-0.1, -0.05) is 5.11 Å². The lowest BCUT2D eigenvalue weighted by atomic mass is 10.0. The number of rotatable bonds is 1. The molecule has 2 aliphatic rings. The van der Waals surface area contributed by atoms with Crippen molar-refractivity contribution in [2.75, 3.05) is 6.61 Å². The van der Waals surface area contributed by atoms with Gasteiger partial charge >= 0.3 is 0 Å². The lowest BCUT2D eigenvalue weighted by Gasteiger charge is -2.31. The fourth-order valence-electron chi connectivity index (χ4n) is 1.53. The predicted molar refractivity (Wildman–Crippen MR) is 38.4 cm³/mol. The van der Waals surface area contributed by atoms with Crippen LogP contribution in [-0.4, -0.2) is 42.4 Å². The van der Waals surface area contributed by atoms with Crippen LogP contribution in [0.5, 0.6) is 0 Å². The first-order valence-electron chi connectivity index (χ1n) is 3.87. The quantitative estimate of drug-likeness (QED) is 0.361. The molecule has 0 aliphatic carbocycles. The SMILES string of the molecule is [N-]=[N+]=NC1C(F)[C@@H](O)C2CO[C@@H]1O2. The summed E-state index contributed by atoms with van der Waals surface area (Å²) in [5, 5.41) is 12.5. The number of hydrogen-bond acceptors (Lipinski definition) is 4. The number of ether oxygens (including phenoxy) is 2. The Labute approximate surface area is 72.9 Å². The Morgan fingerprint density at radius 1 is 1.62 bits per heavy atom. The maximum absolute atomic E-state index is 13.3. The summed E-state index contributed by atoms with van der Waals surface area (Å²) in [6, 6.07) is -1.08. The molecule has 2 heterocycles. The third kappa shape index (κ3) is 1.26. The summed E-state index contributed by atoms with van der Waals surface area (Å²) in [4.78, 5) is 2.47. The fourth-order valence-corrected chi connectivity index (χ4v) is 1.53. The van der Waals surface area contributed by atoms with Gasteiger partial charge in [-0.05, 0) is 5.53 Å². The van der Waals surface area contributed by atoms with Crippen LogP contribution in [0.25, 0.3) is 10.4 Å². The van der Waals surface area contributed by atoms with E-state index in [1.165, 1.54) is 0 Å². The van der Waals surface area contributed by atoms with Gasteiger partial charge in [-0.2, -0.15) is 0 Å². The second-order valence-electron chi connectivity index (χ2n) is 3.01. The van der Waals surface area contributed by atoms with Crippen LogP contribution < -0.4 is 0 Å². The minimum atomic E-state index is -1.61. The lowest BCUT2D eigenvalue weighted by molar-refractivity contribution is -0.160. The van der Waals surface area contributed by atoms with Crippen molar-refractivity contribution in [2.24, 2.45) is 5.11 Å². The number of fused-ring (bicyclic) bond motifs is 2. The van der Waals surface area contributed by atoms with E-state index < -0.39 is 30.7 Å². The molecule has 3 unspecified atom stereocenters. The second-order valence-corrected chi connectivity index (χ2v) is 3.01. The van der Waals surface area contributed by atoms with Crippen LogP contribution in [0.3, 0.4) is 0 Å². The topological polar surface area (TPSA) is 87.5 Å². The summed E-state index contributed by atoms with van der Waals surface area (Å²) in [6.45, 7) is 0.143. The van der Waals surface area contributed by atoms with E-state index in [4.69, 9.17) is 15.0 Å². The van der Waals surface area contributed by atoms with E-state index in [-0.39, 0.29) is 6.61 Å². The number of azide groups is 1. The molecule has 2 saturated heterocycles. The van der Waals surface area contributed by atoms with Crippen molar-refractivity contribution < 1.29 is 19.0 Å². The van der Waals surface area contributed by atoms with Crippen LogP contribution >= 0.6 is 0 Å². The minimum Gasteiger partial charge on any atom is -0.387 e. The average Bonchev–Trinajstić information content (AvgIpc) is 2.56. The summed E-state index contributed by atoms with van der Waals surface area (Å²) >= 11 is 0. The van der Waals surface area contributed by atoms with E-state index >= 15 is 0 Å². The zero-order chi connectivity index (χ0) is 9.42. The normalized spacial score (nSPS) is 48.6. The molecule has 72 valence electrons. The van der Waals surface area contributed by atoms with E-state index in [1.807, 2.05) is 0 Å². The van der Waals surface area contributed by atoms with Crippen molar-refractivity contribution >= 4 is 0 Å². The molecule has 7 heteroatoms. The number of halogens is 1. The number of aliphatic hydroxyl groups is 1. The molecule has 5 atom stereocenters. The maximum atomic E-state index is 13.3. The van der Waals surface area contributed by atoms with E-state index in [9.17, 15) is 9.50 Å². The number of alkyl halides is 1. The predicted octanol–water partition coefficient (Wildman–Crippen LogP) is 0.119. The largest absolute Gasteiger partial charge is 0.387 e. The molecular weight excluding hydrogens is 181 g/mol. The van der Waals surface area contributed by atoms with Gasteiger partial charge in [-0.3, -0.25) is 0 Å². The Morgan fingerprint density at radius 2 is 2.38 bits per heavy atom. The lowest BCUT2D eigenvalue weighted by Crippen LogP contribution is -2.50. The van der Waals surface area contributed by atoms with E-state index in [2.05, 4.69) is 10.0 Å². The van der Waals surface area contributed by atoms with Crippen LogP contribution in [0.1, 0.15) is 0 Å². The Balaban J connectivity index is 2.21. The van der Waals surface area contributed by atoms with Crippen molar-refractivity contribution in [3.63, 3.8) is 0 Å². The smallest absolute Gasteiger partial charge is 0.169 e. The number of hydrogen-bond donors (Lipinski definition) is 1. The molecule has 0 aromatic carbocycles. The van der Waals surface area contributed by atoms with Crippen molar-refractivity contribution in [1.82, 2.24) is 0 Å². The van der Waals surface area contributed by atoms with Gasteiger partial charge in [-0.25, -0.2) is 4.39 Å². The molecule has 2 bridgehead atoms. The Morgan fingerprint density at radius 3 is 3.08 bits per heavy atom. The molecule has 13 heavy (non-hydrogen) atoms. The Bertz CT molecular complexity index is 258. The van der Waals surface area contributed by atoms with Crippen molar-refractivity contribution in [2.45, 2.75) is 30.7 Å². The van der Waals surface area contributed by atoms with Gasteiger partial charge in [0.25, 0.3) is 0 Å². The van der Waals surface area contributed by atoms with Gasteiger partial charge < -0.3 is 14.6 Å².